The number of amides is 2. The van der Waals surface area contributed by atoms with Crippen molar-refractivity contribution < 1.29 is 23.5 Å². The molecule has 3 rings (SSSR count). The molecule has 11 heteroatoms. The average molecular weight is 569 g/mol. The third-order valence-electron chi connectivity index (χ3n) is 4.36. The zero-order chi connectivity index (χ0) is 24.7. The van der Waals surface area contributed by atoms with E-state index in [9.17, 15) is 14.0 Å². The van der Waals surface area contributed by atoms with Crippen LogP contribution in [0.4, 0.5) is 10.1 Å². The van der Waals surface area contributed by atoms with E-state index in [1.165, 1.54) is 25.5 Å². The molecule has 0 heterocycles. The van der Waals surface area contributed by atoms with E-state index in [-0.39, 0.29) is 17.2 Å². The molecule has 0 saturated carbocycles. The summed E-state index contributed by atoms with van der Waals surface area (Å²) in [4.78, 5) is 23.9. The molecule has 0 saturated heterocycles. The van der Waals surface area contributed by atoms with Crippen molar-refractivity contribution in [2.45, 2.75) is 6.61 Å². The highest BCUT2D eigenvalue weighted by Gasteiger charge is 2.15. The van der Waals surface area contributed by atoms with Crippen LogP contribution in [0.1, 0.15) is 11.1 Å². The van der Waals surface area contributed by atoms with E-state index in [0.29, 0.717) is 32.2 Å². The number of nitrogens with zero attached hydrogens (tertiary/aromatic N) is 1. The fourth-order valence-electron chi connectivity index (χ4n) is 2.71. The average Bonchev–Trinajstić information content (AvgIpc) is 2.80. The number of ether oxygens (including phenoxy) is 2. The van der Waals surface area contributed by atoms with E-state index < -0.39 is 17.6 Å². The van der Waals surface area contributed by atoms with Gasteiger partial charge >= 0.3 is 11.8 Å². The van der Waals surface area contributed by atoms with Crippen LogP contribution < -0.4 is 20.2 Å². The van der Waals surface area contributed by atoms with Gasteiger partial charge in [-0.05, 0) is 70.0 Å². The Bertz CT molecular complexity index is 1220. The number of carbonyl (C=O) groups excluding carboxylic acids is 2. The molecule has 7 nitrogen and oxygen atoms in total. The predicted octanol–water partition coefficient (Wildman–Crippen LogP) is 5.57. The first-order valence-corrected chi connectivity index (χ1v) is 11.2. The second kappa shape index (κ2) is 11.8. The molecular formula is C23H17BrCl2FN3O4. The molecule has 2 amide bonds. The summed E-state index contributed by atoms with van der Waals surface area (Å²) >= 11 is 15.2. The number of benzene rings is 3. The monoisotopic (exact) mass is 567 g/mol. The summed E-state index contributed by atoms with van der Waals surface area (Å²) < 4.78 is 25.6. The van der Waals surface area contributed by atoms with Crippen molar-refractivity contribution in [3.05, 3.63) is 86.1 Å². The molecular weight excluding hydrogens is 552 g/mol. The molecule has 2 N–H and O–H groups in total. The molecule has 0 spiro atoms. The van der Waals surface area contributed by atoms with Crippen LogP contribution in [0.2, 0.25) is 10.0 Å². The number of halogens is 4. The maximum atomic E-state index is 14.0. The van der Waals surface area contributed by atoms with Crippen LogP contribution in [0.3, 0.4) is 0 Å². The summed E-state index contributed by atoms with van der Waals surface area (Å²) in [6.45, 7) is -0.118. The Kier molecular flexibility index (Phi) is 8.86. The molecule has 0 bridgehead atoms. The van der Waals surface area contributed by atoms with Gasteiger partial charge in [0.1, 0.15) is 12.4 Å². The number of rotatable bonds is 7. The lowest BCUT2D eigenvalue weighted by Crippen LogP contribution is -2.32. The van der Waals surface area contributed by atoms with Crippen molar-refractivity contribution in [3.8, 4) is 11.5 Å². The topological polar surface area (TPSA) is 89.0 Å². The first-order valence-electron chi connectivity index (χ1n) is 9.61. The van der Waals surface area contributed by atoms with Crippen LogP contribution in [-0.4, -0.2) is 25.1 Å². The highest BCUT2D eigenvalue weighted by atomic mass is 79.9. The summed E-state index contributed by atoms with van der Waals surface area (Å²) in [6.07, 6.45) is 1.32. The van der Waals surface area contributed by atoms with Crippen molar-refractivity contribution in [1.82, 2.24) is 5.43 Å². The van der Waals surface area contributed by atoms with Crippen LogP contribution in [-0.2, 0) is 16.2 Å². The quantitative estimate of drug-likeness (QED) is 0.221. The standard InChI is InChI=1S/C23H17BrCl2FN3O4/c1-33-20-10-13(9-17(24)21(20)34-12-16-18(26)3-2-4-19(16)27)11-28-30-23(32)22(31)29-15-7-5-14(25)6-8-15/h2-11H,12H2,1H3,(H,29,31)(H,30,32). The Hall–Kier alpha value is -3.14. The Balaban J connectivity index is 1.64. The largest absolute Gasteiger partial charge is 0.493 e. The third-order valence-corrected chi connectivity index (χ3v) is 5.56. The van der Waals surface area contributed by atoms with Gasteiger partial charge in [0.25, 0.3) is 0 Å². The van der Waals surface area contributed by atoms with E-state index >= 15 is 0 Å². The predicted molar refractivity (Wildman–Crippen MR) is 132 cm³/mol. The number of nitrogens with one attached hydrogen (secondary N) is 2. The van der Waals surface area contributed by atoms with Gasteiger partial charge in [0.15, 0.2) is 11.5 Å². The van der Waals surface area contributed by atoms with Crippen LogP contribution in [0.15, 0.2) is 64.2 Å². The van der Waals surface area contributed by atoms with Crippen LogP contribution in [0.25, 0.3) is 0 Å². The summed E-state index contributed by atoms with van der Waals surface area (Å²) in [5.41, 5.74) is 3.29. The highest BCUT2D eigenvalue weighted by molar-refractivity contribution is 9.10. The zero-order valence-electron chi connectivity index (χ0n) is 17.6. The third kappa shape index (κ3) is 6.69. The van der Waals surface area contributed by atoms with Gasteiger partial charge in [0.2, 0.25) is 0 Å². The van der Waals surface area contributed by atoms with E-state index in [1.807, 2.05) is 0 Å². The minimum atomic E-state index is -0.959. The fourth-order valence-corrected chi connectivity index (χ4v) is 3.62. The highest BCUT2D eigenvalue weighted by Crippen LogP contribution is 2.37. The van der Waals surface area contributed by atoms with Crippen molar-refractivity contribution in [2.75, 3.05) is 12.4 Å². The van der Waals surface area contributed by atoms with E-state index in [1.54, 1.807) is 42.5 Å². The second-order valence-electron chi connectivity index (χ2n) is 6.68. The fraction of sp³-hybridized carbons (Fsp3) is 0.0870. The number of hydrogen-bond acceptors (Lipinski definition) is 5. The number of anilines is 1. The zero-order valence-corrected chi connectivity index (χ0v) is 20.7. The van der Waals surface area contributed by atoms with Gasteiger partial charge < -0.3 is 14.8 Å². The van der Waals surface area contributed by atoms with Crippen LogP contribution in [0.5, 0.6) is 11.5 Å². The molecule has 34 heavy (non-hydrogen) atoms. The number of methoxy groups -OCH3 is 1. The van der Waals surface area contributed by atoms with Crippen molar-refractivity contribution in [2.24, 2.45) is 5.10 Å². The normalized spacial score (nSPS) is 10.7. The Labute approximate surface area is 213 Å². The lowest BCUT2D eigenvalue weighted by atomic mass is 10.2. The minimum absolute atomic E-state index is 0.118. The molecule has 3 aromatic rings. The van der Waals surface area contributed by atoms with Gasteiger partial charge in [0.05, 0.1) is 22.8 Å². The smallest absolute Gasteiger partial charge is 0.329 e. The van der Waals surface area contributed by atoms with Gasteiger partial charge in [-0.2, -0.15) is 5.10 Å². The summed E-state index contributed by atoms with van der Waals surface area (Å²) in [7, 11) is 1.44. The Morgan fingerprint density at radius 2 is 1.85 bits per heavy atom. The number of hydrogen-bond donors (Lipinski definition) is 2. The molecule has 0 aliphatic rings. The summed E-state index contributed by atoms with van der Waals surface area (Å²) in [5.74, 6) is -1.68. The second-order valence-corrected chi connectivity index (χ2v) is 8.38. The van der Waals surface area contributed by atoms with Crippen molar-refractivity contribution in [1.29, 1.82) is 0 Å². The first-order chi connectivity index (χ1) is 16.3. The molecule has 0 atom stereocenters. The van der Waals surface area contributed by atoms with Gasteiger partial charge in [0, 0.05) is 16.3 Å². The maximum Gasteiger partial charge on any atom is 0.329 e. The van der Waals surface area contributed by atoms with Gasteiger partial charge in [-0.25, -0.2) is 9.82 Å². The molecule has 0 unspecified atom stereocenters. The first kappa shape index (κ1) is 25.5. The SMILES string of the molecule is COc1cc(C=NNC(=O)C(=O)Nc2ccc(Cl)cc2)cc(Br)c1OCc1c(F)cccc1Cl. The van der Waals surface area contributed by atoms with Crippen molar-refractivity contribution >= 4 is 62.8 Å². The molecule has 0 aliphatic heterocycles. The van der Waals surface area contributed by atoms with Crippen LogP contribution >= 0.6 is 39.1 Å². The van der Waals surface area contributed by atoms with Gasteiger partial charge in [-0.1, -0.05) is 29.3 Å². The van der Waals surface area contributed by atoms with E-state index in [2.05, 4.69) is 31.8 Å². The molecule has 0 aromatic heterocycles. The summed E-state index contributed by atoms with van der Waals surface area (Å²) in [5, 5.41) is 6.96. The molecule has 0 fully saturated rings. The number of carbonyl (C=O) groups is 2. The minimum Gasteiger partial charge on any atom is -0.493 e. The van der Waals surface area contributed by atoms with Gasteiger partial charge in [-0.15, -0.1) is 0 Å². The van der Waals surface area contributed by atoms with Crippen molar-refractivity contribution in [3.63, 3.8) is 0 Å². The lowest BCUT2D eigenvalue weighted by Gasteiger charge is -2.14. The number of hydrazone groups is 1. The van der Waals surface area contributed by atoms with E-state index in [0.717, 1.165) is 0 Å². The van der Waals surface area contributed by atoms with E-state index in [4.69, 9.17) is 32.7 Å². The van der Waals surface area contributed by atoms with Crippen LogP contribution in [0, 0.1) is 5.82 Å². The molecule has 3 aromatic carbocycles. The maximum absolute atomic E-state index is 14.0. The van der Waals surface area contributed by atoms with Gasteiger partial charge in [-0.3, -0.25) is 9.59 Å². The molecule has 0 aliphatic carbocycles. The Morgan fingerprint density at radius 3 is 2.53 bits per heavy atom. The molecule has 0 radical (unpaired) electrons. The molecule has 176 valence electrons. The Morgan fingerprint density at radius 1 is 1.12 bits per heavy atom. The lowest BCUT2D eigenvalue weighted by molar-refractivity contribution is -0.136. The summed E-state index contributed by atoms with van der Waals surface area (Å²) in [6, 6.07) is 13.9.